The average molecular weight is 339 g/mol. The summed E-state index contributed by atoms with van der Waals surface area (Å²) < 4.78 is 22.5. The molecule has 1 aliphatic rings. The van der Waals surface area contributed by atoms with Crippen molar-refractivity contribution in [1.82, 2.24) is 0 Å². The SMILES string of the molecule is NS(=O)(=O)CC1CC(=O)N(c2cccc3cccc(Cl)c23)C1. The lowest BCUT2D eigenvalue weighted by Gasteiger charge is -2.19. The summed E-state index contributed by atoms with van der Waals surface area (Å²) in [5.41, 5.74) is 0.713. The van der Waals surface area contributed by atoms with Crippen LogP contribution in [0.1, 0.15) is 6.42 Å². The number of benzene rings is 2. The fourth-order valence-corrected chi connectivity index (χ4v) is 4.11. The van der Waals surface area contributed by atoms with Crippen LogP contribution in [0.25, 0.3) is 10.8 Å². The van der Waals surface area contributed by atoms with E-state index in [1.54, 1.807) is 11.0 Å². The second-order valence-electron chi connectivity index (χ2n) is 5.52. The number of nitrogens with two attached hydrogens (primary N) is 1. The first-order valence-corrected chi connectivity index (χ1v) is 8.92. The van der Waals surface area contributed by atoms with Gasteiger partial charge in [0.1, 0.15) is 0 Å². The Hall–Kier alpha value is -1.63. The van der Waals surface area contributed by atoms with Crippen LogP contribution in [0.3, 0.4) is 0 Å². The van der Waals surface area contributed by atoms with Crippen molar-refractivity contribution in [3.8, 4) is 0 Å². The molecule has 3 rings (SSSR count). The number of sulfonamides is 1. The highest BCUT2D eigenvalue weighted by molar-refractivity contribution is 7.89. The van der Waals surface area contributed by atoms with Gasteiger partial charge in [0.15, 0.2) is 0 Å². The third kappa shape index (κ3) is 2.95. The summed E-state index contributed by atoms with van der Waals surface area (Å²) in [4.78, 5) is 13.9. The first-order chi connectivity index (χ1) is 10.3. The molecule has 0 saturated carbocycles. The van der Waals surface area contributed by atoms with Gasteiger partial charge in [0.05, 0.1) is 16.5 Å². The second kappa shape index (κ2) is 5.53. The summed E-state index contributed by atoms with van der Waals surface area (Å²) in [6.07, 6.45) is 0.178. The van der Waals surface area contributed by atoms with E-state index in [1.807, 2.05) is 30.3 Å². The minimum absolute atomic E-state index is 0.110. The Balaban J connectivity index is 2.00. The number of primary sulfonamides is 1. The van der Waals surface area contributed by atoms with Gasteiger partial charge < -0.3 is 4.90 Å². The van der Waals surface area contributed by atoms with E-state index in [2.05, 4.69) is 0 Å². The maximum absolute atomic E-state index is 12.3. The summed E-state index contributed by atoms with van der Waals surface area (Å²) in [7, 11) is -3.59. The molecule has 1 heterocycles. The van der Waals surface area contributed by atoms with Crippen molar-refractivity contribution in [3.05, 3.63) is 41.4 Å². The molecule has 2 aromatic rings. The zero-order valence-electron chi connectivity index (χ0n) is 11.7. The summed E-state index contributed by atoms with van der Waals surface area (Å²) in [6, 6.07) is 11.2. The molecule has 7 heteroatoms. The van der Waals surface area contributed by atoms with Gasteiger partial charge in [0.2, 0.25) is 15.9 Å². The average Bonchev–Trinajstić information content (AvgIpc) is 2.77. The van der Waals surface area contributed by atoms with Crippen LogP contribution in [-0.4, -0.2) is 26.6 Å². The Bertz CT molecular complexity index is 846. The van der Waals surface area contributed by atoms with Gasteiger partial charge in [-0.15, -0.1) is 0 Å². The van der Waals surface area contributed by atoms with Crippen molar-refractivity contribution >= 4 is 44.0 Å². The molecule has 0 radical (unpaired) electrons. The lowest BCUT2D eigenvalue weighted by atomic mass is 10.1. The summed E-state index contributed by atoms with van der Waals surface area (Å²) in [5, 5.41) is 7.39. The van der Waals surface area contributed by atoms with Crippen molar-refractivity contribution in [2.45, 2.75) is 6.42 Å². The van der Waals surface area contributed by atoms with Gasteiger partial charge in [-0.1, -0.05) is 35.9 Å². The normalized spacial score (nSPS) is 19.1. The number of amides is 1. The summed E-state index contributed by atoms with van der Waals surface area (Å²) in [6.45, 7) is 0.333. The van der Waals surface area contributed by atoms with E-state index in [0.29, 0.717) is 17.3 Å². The number of hydrogen-bond acceptors (Lipinski definition) is 3. The van der Waals surface area contributed by atoms with Crippen molar-refractivity contribution < 1.29 is 13.2 Å². The lowest BCUT2D eigenvalue weighted by molar-refractivity contribution is -0.117. The van der Waals surface area contributed by atoms with E-state index in [4.69, 9.17) is 16.7 Å². The molecular weight excluding hydrogens is 324 g/mol. The van der Waals surface area contributed by atoms with Crippen LogP contribution >= 0.6 is 11.6 Å². The predicted octanol–water partition coefficient (Wildman–Crippen LogP) is 2.13. The molecule has 1 unspecified atom stereocenters. The molecule has 1 atom stereocenters. The molecule has 1 aliphatic heterocycles. The molecule has 1 saturated heterocycles. The summed E-state index contributed by atoms with van der Waals surface area (Å²) >= 11 is 6.28. The van der Waals surface area contributed by atoms with Gasteiger partial charge in [0, 0.05) is 24.3 Å². The molecule has 0 spiro atoms. The Labute approximate surface area is 133 Å². The maximum Gasteiger partial charge on any atom is 0.227 e. The Morgan fingerprint density at radius 2 is 1.91 bits per heavy atom. The van der Waals surface area contributed by atoms with Gasteiger partial charge in [-0.25, -0.2) is 13.6 Å². The third-order valence-electron chi connectivity index (χ3n) is 3.80. The topological polar surface area (TPSA) is 80.5 Å². The van der Waals surface area contributed by atoms with Gasteiger partial charge in [-0.3, -0.25) is 4.79 Å². The van der Waals surface area contributed by atoms with Gasteiger partial charge in [-0.2, -0.15) is 0 Å². The third-order valence-corrected chi connectivity index (χ3v) is 5.05. The fraction of sp³-hybridized carbons (Fsp3) is 0.267. The van der Waals surface area contributed by atoms with Crippen LogP contribution in [0, 0.1) is 5.92 Å². The largest absolute Gasteiger partial charge is 0.311 e. The quantitative estimate of drug-likeness (QED) is 0.931. The Kier molecular flexibility index (Phi) is 3.84. The van der Waals surface area contributed by atoms with E-state index < -0.39 is 10.0 Å². The number of hydrogen-bond donors (Lipinski definition) is 1. The first kappa shape index (κ1) is 15.3. The molecule has 2 aromatic carbocycles. The predicted molar refractivity (Wildman–Crippen MR) is 87.4 cm³/mol. The van der Waals surface area contributed by atoms with Crippen LogP contribution in [0.5, 0.6) is 0 Å². The lowest BCUT2D eigenvalue weighted by Crippen LogP contribution is -2.27. The number of nitrogens with zero attached hydrogens (tertiary/aromatic N) is 1. The van der Waals surface area contributed by atoms with E-state index >= 15 is 0 Å². The number of anilines is 1. The number of carbonyl (C=O) groups is 1. The van der Waals surface area contributed by atoms with E-state index in [0.717, 1.165) is 10.8 Å². The molecule has 116 valence electrons. The molecule has 0 aliphatic carbocycles. The fourth-order valence-electron chi connectivity index (χ4n) is 2.96. The standard InChI is InChI=1S/C15H15ClN2O3S/c16-12-5-1-3-11-4-2-6-13(15(11)12)18-8-10(7-14(18)19)9-22(17,20)21/h1-6,10H,7-9H2,(H2,17,20,21). The highest BCUT2D eigenvalue weighted by atomic mass is 35.5. The van der Waals surface area contributed by atoms with Crippen molar-refractivity contribution in [1.29, 1.82) is 0 Å². The van der Waals surface area contributed by atoms with Crippen LogP contribution < -0.4 is 10.0 Å². The van der Waals surface area contributed by atoms with Gasteiger partial charge in [-0.05, 0) is 17.5 Å². The number of rotatable bonds is 3. The molecule has 2 N–H and O–H groups in total. The molecular formula is C15H15ClN2O3S. The van der Waals surface area contributed by atoms with Gasteiger partial charge in [0.25, 0.3) is 0 Å². The van der Waals surface area contributed by atoms with Crippen LogP contribution in [0.2, 0.25) is 5.02 Å². The van der Waals surface area contributed by atoms with Crippen LogP contribution in [0.4, 0.5) is 5.69 Å². The zero-order valence-corrected chi connectivity index (χ0v) is 13.3. The van der Waals surface area contributed by atoms with Crippen LogP contribution in [0.15, 0.2) is 36.4 Å². The number of carbonyl (C=O) groups excluding carboxylic acids is 1. The zero-order chi connectivity index (χ0) is 15.9. The molecule has 0 bridgehead atoms. The molecule has 5 nitrogen and oxygen atoms in total. The van der Waals surface area contributed by atoms with Crippen molar-refractivity contribution in [2.24, 2.45) is 11.1 Å². The molecule has 1 fully saturated rings. The van der Waals surface area contributed by atoms with Crippen LogP contribution in [-0.2, 0) is 14.8 Å². The van der Waals surface area contributed by atoms with E-state index in [1.165, 1.54) is 0 Å². The molecule has 1 amide bonds. The Morgan fingerprint density at radius 3 is 2.59 bits per heavy atom. The van der Waals surface area contributed by atoms with Crippen molar-refractivity contribution in [2.75, 3.05) is 17.2 Å². The Morgan fingerprint density at radius 1 is 1.23 bits per heavy atom. The smallest absolute Gasteiger partial charge is 0.227 e. The second-order valence-corrected chi connectivity index (χ2v) is 7.59. The number of halogens is 1. The van der Waals surface area contributed by atoms with E-state index in [9.17, 15) is 13.2 Å². The monoisotopic (exact) mass is 338 g/mol. The highest BCUT2D eigenvalue weighted by Crippen LogP contribution is 2.35. The molecule has 22 heavy (non-hydrogen) atoms. The van der Waals surface area contributed by atoms with Crippen molar-refractivity contribution in [3.63, 3.8) is 0 Å². The number of fused-ring (bicyclic) bond motifs is 1. The van der Waals surface area contributed by atoms with Gasteiger partial charge >= 0.3 is 0 Å². The van der Waals surface area contributed by atoms with E-state index in [-0.39, 0.29) is 24.0 Å². The summed E-state index contributed by atoms with van der Waals surface area (Å²) in [5.74, 6) is -0.588. The minimum Gasteiger partial charge on any atom is -0.311 e. The highest BCUT2D eigenvalue weighted by Gasteiger charge is 2.33. The molecule has 0 aromatic heterocycles. The minimum atomic E-state index is -3.59. The first-order valence-electron chi connectivity index (χ1n) is 6.83. The maximum atomic E-state index is 12.3.